The number of thioether (sulfide) groups is 2. The van der Waals surface area contributed by atoms with E-state index in [0.29, 0.717) is 11.6 Å². The second-order valence-electron chi connectivity index (χ2n) is 3.32. The van der Waals surface area contributed by atoms with Gasteiger partial charge >= 0.3 is 0 Å². The van der Waals surface area contributed by atoms with Crippen molar-refractivity contribution in [2.75, 3.05) is 23.4 Å². The zero-order valence-corrected chi connectivity index (χ0v) is 14.0. The summed E-state index contributed by atoms with van der Waals surface area (Å²) in [5.41, 5.74) is 0. The SMILES string of the molecule is O=C(CSC1=NCCS1)Nc1ncc(Br)cc1Br. The van der Waals surface area contributed by atoms with E-state index in [1.54, 1.807) is 18.0 Å². The monoisotopic (exact) mass is 409 g/mol. The Kier molecular flexibility index (Phi) is 5.53. The van der Waals surface area contributed by atoms with Crippen molar-refractivity contribution in [3.63, 3.8) is 0 Å². The van der Waals surface area contributed by atoms with E-state index < -0.39 is 0 Å². The summed E-state index contributed by atoms with van der Waals surface area (Å²) in [7, 11) is 0. The second kappa shape index (κ2) is 6.93. The summed E-state index contributed by atoms with van der Waals surface area (Å²) in [5, 5.41) is 2.76. The lowest BCUT2D eigenvalue weighted by Gasteiger charge is -2.06. The predicted octanol–water partition coefficient (Wildman–Crippen LogP) is 3.38. The number of pyridine rings is 1. The van der Waals surface area contributed by atoms with Gasteiger partial charge in [0.05, 0.1) is 16.8 Å². The van der Waals surface area contributed by atoms with Crippen LogP contribution in [0.2, 0.25) is 0 Å². The summed E-state index contributed by atoms with van der Waals surface area (Å²) in [6.07, 6.45) is 1.64. The van der Waals surface area contributed by atoms with Crippen molar-refractivity contribution < 1.29 is 4.79 Å². The molecule has 0 fully saturated rings. The molecule has 0 bridgehead atoms. The van der Waals surface area contributed by atoms with Gasteiger partial charge in [-0.25, -0.2) is 4.98 Å². The number of halogens is 2. The van der Waals surface area contributed by atoms with Crippen LogP contribution in [0, 0.1) is 0 Å². The first-order valence-electron chi connectivity index (χ1n) is 5.06. The fraction of sp³-hybridized carbons (Fsp3) is 0.300. The molecule has 18 heavy (non-hydrogen) atoms. The molecule has 1 aromatic heterocycles. The number of hydrogen-bond donors (Lipinski definition) is 1. The van der Waals surface area contributed by atoms with Crippen LogP contribution in [0.3, 0.4) is 0 Å². The molecule has 1 aliphatic rings. The van der Waals surface area contributed by atoms with Crippen LogP contribution < -0.4 is 5.32 Å². The molecule has 1 amide bonds. The number of amides is 1. The molecular weight excluding hydrogens is 402 g/mol. The molecule has 0 saturated carbocycles. The van der Waals surface area contributed by atoms with Crippen LogP contribution in [0.5, 0.6) is 0 Å². The largest absolute Gasteiger partial charge is 0.309 e. The van der Waals surface area contributed by atoms with Gasteiger partial charge in [-0.1, -0.05) is 23.5 Å². The number of aromatic nitrogens is 1. The smallest absolute Gasteiger partial charge is 0.235 e. The zero-order valence-electron chi connectivity index (χ0n) is 9.15. The fourth-order valence-corrected chi connectivity index (χ4v) is 4.10. The molecule has 0 atom stereocenters. The van der Waals surface area contributed by atoms with E-state index in [4.69, 9.17) is 0 Å². The van der Waals surface area contributed by atoms with Gasteiger partial charge in [0.25, 0.3) is 0 Å². The van der Waals surface area contributed by atoms with Crippen LogP contribution >= 0.6 is 55.4 Å². The van der Waals surface area contributed by atoms with Crippen molar-refractivity contribution in [3.05, 3.63) is 21.2 Å². The van der Waals surface area contributed by atoms with Crippen LogP contribution in [-0.2, 0) is 4.79 Å². The highest BCUT2D eigenvalue weighted by Crippen LogP contribution is 2.25. The van der Waals surface area contributed by atoms with Crippen molar-refractivity contribution in [2.45, 2.75) is 0 Å². The van der Waals surface area contributed by atoms with E-state index in [0.717, 1.165) is 25.6 Å². The number of hydrogen-bond acceptors (Lipinski definition) is 5. The number of carbonyl (C=O) groups excluding carboxylic acids is 1. The highest BCUT2D eigenvalue weighted by Gasteiger charge is 2.12. The number of nitrogens with zero attached hydrogens (tertiary/aromatic N) is 2. The molecule has 0 saturated heterocycles. The Balaban J connectivity index is 1.86. The van der Waals surface area contributed by atoms with Gasteiger partial charge in [0.2, 0.25) is 5.91 Å². The highest BCUT2D eigenvalue weighted by molar-refractivity contribution is 9.11. The highest BCUT2D eigenvalue weighted by atomic mass is 79.9. The maximum atomic E-state index is 11.7. The van der Waals surface area contributed by atoms with Crippen LogP contribution in [0.1, 0.15) is 0 Å². The van der Waals surface area contributed by atoms with E-state index in [-0.39, 0.29) is 5.91 Å². The maximum Gasteiger partial charge on any atom is 0.235 e. The minimum absolute atomic E-state index is 0.0780. The Bertz CT molecular complexity index is 496. The summed E-state index contributed by atoms with van der Waals surface area (Å²) < 4.78 is 2.61. The third-order valence-electron chi connectivity index (χ3n) is 1.95. The lowest BCUT2D eigenvalue weighted by molar-refractivity contribution is -0.113. The summed E-state index contributed by atoms with van der Waals surface area (Å²) in [4.78, 5) is 20.1. The average Bonchev–Trinajstić information content (AvgIpc) is 2.83. The Morgan fingerprint density at radius 2 is 2.39 bits per heavy atom. The Morgan fingerprint density at radius 3 is 3.06 bits per heavy atom. The molecule has 2 heterocycles. The minimum atomic E-state index is -0.0780. The first-order valence-corrected chi connectivity index (χ1v) is 8.62. The Morgan fingerprint density at radius 1 is 1.56 bits per heavy atom. The normalized spacial score (nSPS) is 14.4. The van der Waals surface area contributed by atoms with Crippen LogP contribution in [0.25, 0.3) is 0 Å². The number of nitrogens with one attached hydrogen (secondary N) is 1. The van der Waals surface area contributed by atoms with E-state index in [1.807, 2.05) is 6.07 Å². The van der Waals surface area contributed by atoms with Gasteiger partial charge in [-0.15, -0.1) is 0 Å². The standard InChI is InChI=1S/C10H9Br2N3OS2/c11-6-3-7(12)9(14-4-6)15-8(16)5-18-10-13-1-2-17-10/h3-4H,1-2,5H2,(H,14,15,16). The van der Waals surface area contributed by atoms with Crippen molar-refractivity contribution in [3.8, 4) is 0 Å². The van der Waals surface area contributed by atoms with Crippen molar-refractivity contribution in [2.24, 2.45) is 4.99 Å². The minimum Gasteiger partial charge on any atom is -0.309 e. The molecule has 0 aromatic carbocycles. The van der Waals surface area contributed by atoms with Crippen LogP contribution in [0.4, 0.5) is 5.82 Å². The van der Waals surface area contributed by atoms with Gasteiger partial charge in [0.15, 0.2) is 0 Å². The molecule has 0 spiro atoms. The molecule has 96 valence electrons. The fourth-order valence-electron chi connectivity index (χ4n) is 1.20. The molecule has 0 aliphatic carbocycles. The molecule has 2 rings (SSSR count). The molecule has 0 unspecified atom stereocenters. The van der Waals surface area contributed by atoms with E-state index in [9.17, 15) is 4.79 Å². The van der Waals surface area contributed by atoms with Crippen molar-refractivity contribution >= 4 is 71.5 Å². The molecule has 8 heteroatoms. The Hall–Kier alpha value is -0.0500. The molecule has 1 aliphatic heterocycles. The van der Waals surface area contributed by atoms with Crippen molar-refractivity contribution in [1.29, 1.82) is 0 Å². The third kappa shape index (κ3) is 4.25. The third-order valence-corrected chi connectivity index (χ3v) is 5.24. The zero-order chi connectivity index (χ0) is 13.0. The van der Waals surface area contributed by atoms with Gasteiger partial charge in [-0.05, 0) is 37.9 Å². The lowest BCUT2D eigenvalue weighted by atomic mass is 10.4. The lowest BCUT2D eigenvalue weighted by Crippen LogP contribution is -2.16. The molecule has 4 nitrogen and oxygen atoms in total. The van der Waals surface area contributed by atoms with Crippen LogP contribution in [-0.4, -0.2) is 33.3 Å². The quantitative estimate of drug-likeness (QED) is 0.829. The number of aliphatic imine (C=N–C) groups is 1. The molecule has 1 aromatic rings. The van der Waals surface area contributed by atoms with Gasteiger partial charge < -0.3 is 5.32 Å². The summed E-state index contributed by atoms with van der Waals surface area (Å²) in [6, 6.07) is 1.84. The summed E-state index contributed by atoms with van der Waals surface area (Å²) >= 11 is 9.83. The maximum absolute atomic E-state index is 11.7. The molecular formula is C10H9Br2N3OS2. The summed E-state index contributed by atoms with van der Waals surface area (Å²) in [5.74, 6) is 1.83. The molecule has 0 radical (unpaired) electrons. The average molecular weight is 411 g/mol. The van der Waals surface area contributed by atoms with Crippen LogP contribution in [0.15, 0.2) is 26.2 Å². The van der Waals surface area contributed by atoms with Gasteiger partial charge in [0, 0.05) is 16.4 Å². The van der Waals surface area contributed by atoms with Gasteiger partial charge in [-0.3, -0.25) is 9.79 Å². The van der Waals surface area contributed by atoms with E-state index in [2.05, 4.69) is 47.2 Å². The molecule has 1 N–H and O–H groups in total. The number of carbonyl (C=O) groups is 1. The first-order chi connectivity index (χ1) is 8.65. The van der Waals surface area contributed by atoms with Gasteiger partial charge in [-0.2, -0.15) is 0 Å². The van der Waals surface area contributed by atoms with E-state index >= 15 is 0 Å². The summed E-state index contributed by atoms with van der Waals surface area (Å²) in [6.45, 7) is 0.856. The Labute approximate surface area is 130 Å². The number of anilines is 1. The predicted molar refractivity (Wildman–Crippen MR) is 85.5 cm³/mol. The second-order valence-corrected chi connectivity index (χ2v) is 7.39. The number of rotatable bonds is 3. The van der Waals surface area contributed by atoms with Gasteiger partial charge in [0.1, 0.15) is 10.2 Å². The van der Waals surface area contributed by atoms with E-state index in [1.165, 1.54) is 11.8 Å². The topological polar surface area (TPSA) is 54.4 Å². The first kappa shape index (κ1) is 14.4. The van der Waals surface area contributed by atoms with Crippen molar-refractivity contribution in [1.82, 2.24) is 4.98 Å².